The topological polar surface area (TPSA) is 20.2 Å². The van der Waals surface area contributed by atoms with E-state index in [0.717, 1.165) is 17.5 Å². The molecule has 0 saturated carbocycles. The monoisotopic (exact) mass is 278 g/mol. The van der Waals surface area contributed by atoms with Gasteiger partial charge in [0.2, 0.25) is 0 Å². The van der Waals surface area contributed by atoms with Crippen LogP contribution in [0.3, 0.4) is 0 Å². The summed E-state index contributed by atoms with van der Waals surface area (Å²) in [6.45, 7) is 0.0724. The van der Waals surface area contributed by atoms with Crippen molar-refractivity contribution in [3.05, 3.63) is 70.5 Å². The van der Waals surface area contributed by atoms with Crippen molar-refractivity contribution < 1.29 is 9.50 Å². The van der Waals surface area contributed by atoms with Gasteiger partial charge in [0.25, 0.3) is 0 Å². The molecule has 3 heteroatoms. The number of rotatable bonds is 5. The third kappa shape index (κ3) is 4.34. The van der Waals surface area contributed by atoms with Gasteiger partial charge in [-0.25, -0.2) is 4.39 Å². The number of benzene rings is 2. The Kier molecular flexibility index (Phi) is 4.94. The lowest BCUT2D eigenvalue weighted by atomic mass is 9.93. The Balaban J connectivity index is 2.04. The first-order valence-corrected chi connectivity index (χ1v) is 6.65. The van der Waals surface area contributed by atoms with Gasteiger partial charge in [0.1, 0.15) is 5.82 Å². The van der Waals surface area contributed by atoms with Crippen LogP contribution in [0.2, 0.25) is 5.02 Å². The van der Waals surface area contributed by atoms with E-state index < -0.39 is 0 Å². The zero-order chi connectivity index (χ0) is 13.7. The molecule has 0 aliphatic rings. The SMILES string of the molecule is OCC(Cc1cccc(F)c1)Cc1cccc(Cl)c1. The molecule has 0 aliphatic heterocycles. The molecule has 0 fully saturated rings. The Bertz CT molecular complexity index is 494. The summed E-state index contributed by atoms with van der Waals surface area (Å²) in [5, 5.41) is 10.2. The molecule has 0 aliphatic carbocycles. The average molecular weight is 279 g/mol. The zero-order valence-electron chi connectivity index (χ0n) is 10.5. The fourth-order valence-electron chi connectivity index (χ4n) is 2.20. The van der Waals surface area contributed by atoms with Crippen LogP contribution in [0, 0.1) is 11.7 Å². The van der Waals surface area contributed by atoms with E-state index in [4.69, 9.17) is 11.6 Å². The minimum atomic E-state index is -0.239. The van der Waals surface area contributed by atoms with Crippen molar-refractivity contribution in [2.45, 2.75) is 12.8 Å². The molecule has 0 radical (unpaired) electrons. The van der Waals surface area contributed by atoms with Crippen molar-refractivity contribution in [2.75, 3.05) is 6.61 Å². The van der Waals surface area contributed by atoms with Gasteiger partial charge in [0.05, 0.1) is 0 Å². The Hall–Kier alpha value is -1.38. The molecule has 1 atom stereocenters. The van der Waals surface area contributed by atoms with Crippen molar-refractivity contribution in [2.24, 2.45) is 5.92 Å². The second kappa shape index (κ2) is 6.69. The maximum atomic E-state index is 13.1. The Morgan fingerprint density at radius 1 is 1.00 bits per heavy atom. The van der Waals surface area contributed by atoms with Gasteiger partial charge in [-0.15, -0.1) is 0 Å². The van der Waals surface area contributed by atoms with Gasteiger partial charge in [-0.1, -0.05) is 35.9 Å². The van der Waals surface area contributed by atoms with Crippen LogP contribution in [0.4, 0.5) is 4.39 Å². The van der Waals surface area contributed by atoms with Crippen LogP contribution in [-0.4, -0.2) is 11.7 Å². The van der Waals surface area contributed by atoms with E-state index in [9.17, 15) is 9.50 Å². The second-order valence-electron chi connectivity index (χ2n) is 4.72. The van der Waals surface area contributed by atoms with Crippen molar-refractivity contribution in [3.8, 4) is 0 Å². The standard InChI is InChI=1S/C16H16ClFO/c17-15-5-1-3-12(9-15)7-14(11-19)8-13-4-2-6-16(18)10-13/h1-6,9-10,14,19H,7-8,11H2. The quantitative estimate of drug-likeness (QED) is 0.880. The number of hydrogen-bond acceptors (Lipinski definition) is 1. The maximum Gasteiger partial charge on any atom is 0.123 e. The van der Waals surface area contributed by atoms with Crippen LogP contribution in [0.5, 0.6) is 0 Å². The highest BCUT2D eigenvalue weighted by Gasteiger charge is 2.10. The van der Waals surface area contributed by atoms with Crippen molar-refractivity contribution >= 4 is 11.6 Å². The lowest BCUT2D eigenvalue weighted by molar-refractivity contribution is 0.225. The van der Waals surface area contributed by atoms with E-state index in [-0.39, 0.29) is 18.3 Å². The predicted molar refractivity (Wildman–Crippen MR) is 75.8 cm³/mol. The largest absolute Gasteiger partial charge is 0.396 e. The third-order valence-electron chi connectivity index (χ3n) is 3.09. The van der Waals surface area contributed by atoms with Gasteiger partial charge in [0, 0.05) is 11.6 Å². The molecule has 0 bridgehead atoms. The summed E-state index contributed by atoms with van der Waals surface area (Å²) in [6, 6.07) is 14.1. The number of hydrogen-bond donors (Lipinski definition) is 1. The maximum absolute atomic E-state index is 13.1. The molecular weight excluding hydrogens is 263 g/mol. The minimum absolute atomic E-state index is 0.0697. The first kappa shape index (κ1) is 14.0. The van der Waals surface area contributed by atoms with Gasteiger partial charge in [0.15, 0.2) is 0 Å². The average Bonchev–Trinajstić information content (AvgIpc) is 2.38. The molecule has 2 aromatic carbocycles. The van der Waals surface area contributed by atoms with Crippen LogP contribution in [0.1, 0.15) is 11.1 Å². The van der Waals surface area contributed by atoms with Crippen LogP contribution >= 0.6 is 11.6 Å². The van der Waals surface area contributed by atoms with Crippen LogP contribution in [-0.2, 0) is 12.8 Å². The summed E-state index contributed by atoms with van der Waals surface area (Å²) in [7, 11) is 0. The molecule has 100 valence electrons. The number of aliphatic hydroxyl groups excluding tert-OH is 1. The molecule has 1 unspecified atom stereocenters. The summed E-state index contributed by atoms with van der Waals surface area (Å²) in [5.41, 5.74) is 1.99. The number of halogens is 2. The van der Waals surface area contributed by atoms with Gasteiger partial charge < -0.3 is 5.11 Å². The van der Waals surface area contributed by atoms with Crippen molar-refractivity contribution in [1.82, 2.24) is 0 Å². The molecule has 0 amide bonds. The van der Waals surface area contributed by atoms with E-state index in [0.29, 0.717) is 11.4 Å². The second-order valence-corrected chi connectivity index (χ2v) is 5.15. The smallest absolute Gasteiger partial charge is 0.123 e. The molecule has 1 N–H and O–H groups in total. The minimum Gasteiger partial charge on any atom is -0.396 e. The summed E-state index contributed by atoms with van der Waals surface area (Å²) in [4.78, 5) is 0. The summed E-state index contributed by atoms with van der Waals surface area (Å²) in [5.74, 6) is -0.169. The van der Waals surface area contributed by atoms with E-state index in [2.05, 4.69) is 0 Å². The zero-order valence-corrected chi connectivity index (χ0v) is 11.3. The molecule has 2 rings (SSSR count). The normalized spacial score (nSPS) is 12.4. The first-order valence-electron chi connectivity index (χ1n) is 6.27. The lowest BCUT2D eigenvalue weighted by Gasteiger charge is -2.14. The van der Waals surface area contributed by atoms with E-state index >= 15 is 0 Å². The molecule has 0 saturated heterocycles. The molecule has 0 heterocycles. The highest BCUT2D eigenvalue weighted by molar-refractivity contribution is 6.30. The summed E-state index contributed by atoms with van der Waals surface area (Å²) >= 11 is 5.94. The highest BCUT2D eigenvalue weighted by Crippen LogP contribution is 2.18. The Morgan fingerprint density at radius 2 is 1.63 bits per heavy atom. The summed E-state index contributed by atoms with van der Waals surface area (Å²) in [6.07, 6.45) is 1.38. The molecule has 2 aromatic rings. The van der Waals surface area contributed by atoms with Gasteiger partial charge in [-0.3, -0.25) is 0 Å². The highest BCUT2D eigenvalue weighted by atomic mass is 35.5. The van der Waals surface area contributed by atoms with Crippen LogP contribution in [0.15, 0.2) is 48.5 Å². The van der Waals surface area contributed by atoms with Crippen LogP contribution < -0.4 is 0 Å². The van der Waals surface area contributed by atoms with Gasteiger partial charge in [-0.05, 0) is 54.2 Å². The van der Waals surface area contributed by atoms with Crippen molar-refractivity contribution in [1.29, 1.82) is 0 Å². The molecular formula is C16H16ClFO. The van der Waals surface area contributed by atoms with Crippen LogP contribution in [0.25, 0.3) is 0 Å². The Labute approximate surface area is 117 Å². The molecule has 0 spiro atoms. The van der Waals surface area contributed by atoms with E-state index in [1.165, 1.54) is 12.1 Å². The number of aliphatic hydroxyl groups is 1. The first-order chi connectivity index (χ1) is 9.17. The fraction of sp³-hybridized carbons (Fsp3) is 0.250. The predicted octanol–water partition coefficient (Wildman–Crippen LogP) is 3.87. The van der Waals surface area contributed by atoms with Gasteiger partial charge >= 0.3 is 0 Å². The van der Waals surface area contributed by atoms with Crippen molar-refractivity contribution in [3.63, 3.8) is 0 Å². The molecule has 1 nitrogen and oxygen atoms in total. The Morgan fingerprint density at radius 3 is 2.21 bits per heavy atom. The fourth-order valence-corrected chi connectivity index (χ4v) is 2.41. The molecule has 0 aromatic heterocycles. The van der Waals surface area contributed by atoms with Gasteiger partial charge in [-0.2, -0.15) is 0 Å². The lowest BCUT2D eigenvalue weighted by Crippen LogP contribution is -2.13. The van der Waals surface area contributed by atoms with E-state index in [1.807, 2.05) is 30.3 Å². The summed E-state index contributed by atoms with van der Waals surface area (Å²) < 4.78 is 13.1. The third-order valence-corrected chi connectivity index (χ3v) is 3.32. The van der Waals surface area contributed by atoms with E-state index in [1.54, 1.807) is 6.07 Å². The molecule has 19 heavy (non-hydrogen) atoms.